The molecule has 2 aromatic rings. The fourth-order valence-corrected chi connectivity index (χ4v) is 2.11. The van der Waals surface area contributed by atoms with E-state index in [9.17, 15) is 0 Å². The van der Waals surface area contributed by atoms with Crippen molar-refractivity contribution in [3.63, 3.8) is 0 Å². The lowest BCUT2D eigenvalue weighted by Gasteiger charge is -2.19. The number of nitrogens with two attached hydrogens (primary N) is 1. The van der Waals surface area contributed by atoms with Crippen LogP contribution in [0, 0.1) is 0 Å². The second kappa shape index (κ2) is 4.93. The number of pyridine rings is 1. The molecule has 1 aromatic heterocycles. The molecule has 5 nitrogen and oxygen atoms in total. The summed E-state index contributed by atoms with van der Waals surface area (Å²) in [5.74, 6) is 2.39. The van der Waals surface area contributed by atoms with E-state index in [4.69, 9.17) is 15.2 Å². The minimum atomic E-state index is 0.0780. The van der Waals surface area contributed by atoms with Crippen molar-refractivity contribution in [3.05, 3.63) is 24.4 Å². The zero-order valence-electron chi connectivity index (χ0n) is 10.8. The number of fused-ring (bicyclic) bond motifs is 2. The van der Waals surface area contributed by atoms with Gasteiger partial charge in [-0.25, -0.2) is 4.98 Å². The molecule has 0 radical (unpaired) electrons. The topological polar surface area (TPSA) is 69.4 Å². The van der Waals surface area contributed by atoms with Crippen LogP contribution in [0.15, 0.2) is 24.4 Å². The molecule has 0 saturated carbocycles. The summed E-state index contributed by atoms with van der Waals surface area (Å²) in [4.78, 5) is 4.36. The Morgan fingerprint density at radius 3 is 2.79 bits per heavy atom. The first-order valence-electron chi connectivity index (χ1n) is 6.42. The normalized spacial score (nSPS) is 15.3. The van der Waals surface area contributed by atoms with Gasteiger partial charge in [0.2, 0.25) is 0 Å². The lowest BCUT2D eigenvalue weighted by atomic mass is 10.1. The molecule has 3 N–H and O–H groups in total. The summed E-state index contributed by atoms with van der Waals surface area (Å²) in [7, 11) is 0. The van der Waals surface area contributed by atoms with Gasteiger partial charge in [0.1, 0.15) is 19.0 Å². The van der Waals surface area contributed by atoms with Crippen LogP contribution in [0.4, 0.5) is 5.82 Å². The molecule has 100 valence electrons. The number of benzene rings is 1. The molecule has 0 aliphatic carbocycles. The van der Waals surface area contributed by atoms with Crippen molar-refractivity contribution in [2.24, 2.45) is 5.73 Å². The largest absolute Gasteiger partial charge is 0.486 e. The maximum Gasteiger partial charge on any atom is 0.162 e. The van der Waals surface area contributed by atoms with Crippen LogP contribution in [0.1, 0.15) is 6.92 Å². The molecule has 0 fully saturated rings. The van der Waals surface area contributed by atoms with Gasteiger partial charge in [0.25, 0.3) is 0 Å². The first-order chi connectivity index (χ1) is 9.24. The third-order valence-corrected chi connectivity index (χ3v) is 3.02. The van der Waals surface area contributed by atoms with Gasteiger partial charge in [-0.05, 0) is 30.5 Å². The number of hydrogen-bond donors (Lipinski definition) is 2. The zero-order valence-corrected chi connectivity index (χ0v) is 10.8. The lowest BCUT2D eigenvalue weighted by molar-refractivity contribution is 0.172. The SMILES string of the molecule is CC(N)CNc1nccc2cc3c(cc12)OCCO3. The van der Waals surface area contributed by atoms with Crippen molar-refractivity contribution in [1.82, 2.24) is 4.98 Å². The van der Waals surface area contributed by atoms with E-state index in [2.05, 4.69) is 10.3 Å². The first kappa shape index (κ1) is 12.0. The van der Waals surface area contributed by atoms with E-state index in [1.165, 1.54) is 0 Å². The number of ether oxygens (including phenoxy) is 2. The van der Waals surface area contributed by atoms with Crippen molar-refractivity contribution in [1.29, 1.82) is 0 Å². The van der Waals surface area contributed by atoms with Crippen molar-refractivity contribution >= 4 is 16.6 Å². The van der Waals surface area contributed by atoms with Crippen molar-refractivity contribution in [3.8, 4) is 11.5 Å². The molecule has 3 rings (SSSR count). The molecule has 0 bridgehead atoms. The third-order valence-electron chi connectivity index (χ3n) is 3.02. The molecule has 1 unspecified atom stereocenters. The highest BCUT2D eigenvalue weighted by Crippen LogP contribution is 2.36. The molecule has 19 heavy (non-hydrogen) atoms. The maximum atomic E-state index is 5.76. The molecule has 1 atom stereocenters. The van der Waals surface area contributed by atoms with Gasteiger partial charge in [0.15, 0.2) is 11.5 Å². The van der Waals surface area contributed by atoms with Crippen molar-refractivity contribution in [2.45, 2.75) is 13.0 Å². The summed E-state index contributed by atoms with van der Waals surface area (Å²) < 4.78 is 11.2. The Bertz CT molecular complexity index is 599. The van der Waals surface area contributed by atoms with Gasteiger partial charge >= 0.3 is 0 Å². The molecule has 1 aliphatic rings. The highest BCUT2D eigenvalue weighted by Gasteiger charge is 2.14. The van der Waals surface area contributed by atoms with Gasteiger partial charge in [0.05, 0.1) is 0 Å². The van der Waals surface area contributed by atoms with E-state index >= 15 is 0 Å². The monoisotopic (exact) mass is 259 g/mol. The number of nitrogens with one attached hydrogen (secondary N) is 1. The molecule has 2 heterocycles. The van der Waals surface area contributed by atoms with Gasteiger partial charge in [-0.1, -0.05) is 0 Å². The van der Waals surface area contributed by atoms with Crippen molar-refractivity contribution in [2.75, 3.05) is 25.1 Å². The van der Waals surface area contributed by atoms with Crippen LogP contribution in [-0.2, 0) is 0 Å². The van der Waals surface area contributed by atoms with Gasteiger partial charge in [0, 0.05) is 24.2 Å². The number of anilines is 1. The first-order valence-corrected chi connectivity index (χ1v) is 6.42. The van der Waals surface area contributed by atoms with Crippen LogP contribution in [0.3, 0.4) is 0 Å². The maximum absolute atomic E-state index is 5.76. The minimum absolute atomic E-state index is 0.0780. The molecule has 0 amide bonds. The second-order valence-electron chi connectivity index (χ2n) is 4.73. The minimum Gasteiger partial charge on any atom is -0.486 e. The second-order valence-corrected chi connectivity index (χ2v) is 4.73. The van der Waals surface area contributed by atoms with E-state index in [0.29, 0.717) is 19.8 Å². The molecule has 1 aromatic carbocycles. The summed E-state index contributed by atoms with van der Waals surface area (Å²) in [5, 5.41) is 5.36. The summed E-state index contributed by atoms with van der Waals surface area (Å²) in [5.41, 5.74) is 5.76. The summed E-state index contributed by atoms with van der Waals surface area (Å²) >= 11 is 0. The van der Waals surface area contributed by atoms with Gasteiger partial charge in [-0.15, -0.1) is 0 Å². The fourth-order valence-electron chi connectivity index (χ4n) is 2.11. The molecular formula is C14H17N3O2. The Labute approximate surface area is 111 Å². The molecular weight excluding hydrogens is 242 g/mol. The fraction of sp³-hybridized carbons (Fsp3) is 0.357. The Kier molecular flexibility index (Phi) is 3.13. The van der Waals surface area contributed by atoms with Gasteiger partial charge in [-0.2, -0.15) is 0 Å². The number of hydrogen-bond acceptors (Lipinski definition) is 5. The Balaban J connectivity index is 2.03. The smallest absolute Gasteiger partial charge is 0.162 e. The average Bonchev–Trinajstić information content (AvgIpc) is 2.42. The van der Waals surface area contributed by atoms with E-state index in [1.54, 1.807) is 6.20 Å². The average molecular weight is 259 g/mol. The van der Waals surface area contributed by atoms with Crippen molar-refractivity contribution < 1.29 is 9.47 Å². The highest BCUT2D eigenvalue weighted by molar-refractivity contribution is 5.94. The Morgan fingerprint density at radius 2 is 2.05 bits per heavy atom. The molecule has 0 saturated heterocycles. The predicted octanol–water partition coefficient (Wildman–Crippen LogP) is 1.77. The number of rotatable bonds is 3. The zero-order chi connectivity index (χ0) is 13.2. The predicted molar refractivity (Wildman–Crippen MR) is 74.9 cm³/mol. The van der Waals surface area contributed by atoms with E-state index < -0.39 is 0 Å². The summed E-state index contributed by atoms with van der Waals surface area (Å²) in [6.45, 7) is 3.82. The van der Waals surface area contributed by atoms with Gasteiger partial charge < -0.3 is 20.5 Å². The summed E-state index contributed by atoms with van der Waals surface area (Å²) in [6.07, 6.45) is 1.78. The van der Waals surface area contributed by atoms with Gasteiger partial charge in [-0.3, -0.25) is 0 Å². The summed E-state index contributed by atoms with van der Waals surface area (Å²) in [6, 6.07) is 6.00. The molecule has 1 aliphatic heterocycles. The standard InChI is InChI=1S/C14H17N3O2/c1-9(15)8-17-14-11-7-13-12(18-4-5-19-13)6-10(11)2-3-16-14/h2-3,6-7,9H,4-5,8,15H2,1H3,(H,16,17). The Hall–Kier alpha value is -2.01. The molecule has 5 heteroatoms. The lowest BCUT2D eigenvalue weighted by Crippen LogP contribution is -2.25. The molecule has 0 spiro atoms. The quantitative estimate of drug-likeness (QED) is 0.879. The highest BCUT2D eigenvalue weighted by atomic mass is 16.6. The van der Waals surface area contributed by atoms with E-state index in [-0.39, 0.29) is 6.04 Å². The van der Waals surface area contributed by atoms with Crippen LogP contribution >= 0.6 is 0 Å². The van der Waals surface area contributed by atoms with Crippen LogP contribution < -0.4 is 20.5 Å². The van der Waals surface area contributed by atoms with Crippen LogP contribution in [0.2, 0.25) is 0 Å². The van der Waals surface area contributed by atoms with E-state index in [0.717, 1.165) is 28.1 Å². The number of nitrogens with zero attached hydrogens (tertiary/aromatic N) is 1. The Morgan fingerprint density at radius 1 is 1.32 bits per heavy atom. The third kappa shape index (κ3) is 2.42. The van der Waals surface area contributed by atoms with Crippen LogP contribution in [0.25, 0.3) is 10.8 Å². The van der Waals surface area contributed by atoms with E-state index in [1.807, 2.05) is 25.1 Å². The van der Waals surface area contributed by atoms with Crippen LogP contribution in [0.5, 0.6) is 11.5 Å². The number of aromatic nitrogens is 1. The van der Waals surface area contributed by atoms with Crippen LogP contribution in [-0.4, -0.2) is 30.8 Å².